The van der Waals surface area contributed by atoms with Crippen molar-refractivity contribution in [1.82, 2.24) is 138 Å². The van der Waals surface area contributed by atoms with Crippen LogP contribution in [0.25, 0.3) is 77.2 Å². The van der Waals surface area contributed by atoms with Crippen molar-refractivity contribution in [1.29, 1.82) is 0 Å². The van der Waals surface area contributed by atoms with E-state index in [4.69, 9.17) is 14.2 Å². The zero-order valence-electron chi connectivity index (χ0n) is 88.7. The molecule has 7 N–H and O–H groups in total. The molecule has 0 amide bonds. The van der Waals surface area contributed by atoms with E-state index in [9.17, 15) is 43.2 Å². The highest BCUT2D eigenvalue weighted by atomic mass is 16.5. The number of esters is 2. The maximum absolute atomic E-state index is 12.2. The zero-order valence-corrected chi connectivity index (χ0v) is 88.7. The Hall–Kier alpha value is -12.9. The van der Waals surface area contributed by atoms with Gasteiger partial charge in [-0.25, -0.2) is 67.7 Å². The van der Waals surface area contributed by atoms with Crippen molar-refractivity contribution >= 4 is 89.2 Å². The molecule has 784 valence electrons. The highest BCUT2D eigenvalue weighted by Crippen LogP contribution is 2.29. The summed E-state index contributed by atoms with van der Waals surface area (Å²) in [5.74, 6) is 5.85. The Bertz CT molecular complexity index is 6890. The van der Waals surface area contributed by atoms with E-state index in [1.54, 1.807) is 61.9 Å². The molecular formula is C104H156N28O12. The van der Waals surface area contributed by atoms with Crippen LogP contribution in [0, 0.1) is 17.8 Å². The van der Waals surface area contributed by atoms with Gasteiger partial charge in [0.25, 0.3) is 38.9 Å². The van der Waals surface area contributed by atoms with Gasteiger partial charge in [-0.1, -0.05) is 144 Å². The first kappa shape index (κ1) is 113. The van der Waals surface area contributed by atoms with Crippen LogP contribution in [-0.4, -0.2) is 176 Å². The highest BCUT2D eigenvalue weighted by Gasteiger charge is 2.26. The Kier molecular flexibility index (Phi) is 43.8. The smallest absolute Gasteiger partial charge is 0.306 e. The van der Waals surface area contributed by atoms with Gasteiger partial charge < -0.3 is 49.1 Å². The third-order valence-corrected chi connectivity index (χ3v) is 26.6. The van der Waals surface area contributed by atoms with Gasteiger partial charge in [0.1, 0.15) is 78.5 Å². The molecule has 2 unspecified atom stereocenters. The third-order valence-electron chi connectivity index (χ3n) is 26.6. The van der Waals surface area contributed by atoms with Crippen molar-refractivity contribution in [2.75, 3.05) is 19.8 Å². The summed E-state index contributed by atoms with van der Waals surface area (Å²) in [6, 6.07) is 1.95. The molecule has 0 aromatic carbocycles. The summed E-state index contributed by atoms with van der Waals surface area (Å²) in [6.45, 7) is 45.4. The average molecular weight is 1990 g/mol. The molecule has 14 aromatic heterocycles. The first-order valence-corrected chi connectivity index (χ1v) is 52.8. The van der Waals surface area contributed by atoms with Crippen molar-refractivity contribution in [2.45, 2.75) is 386 Å². The lowest BCUT2D eigenvalue weighted by Crippen LogP contribution is -2.18. The predicted octanol–water partition coefficient (Wildman–Crippen LogP) is 17.7. The van der Waals surface area contributed by atoms with Crippen LogP contribution in [0.4, 0.5) is 0 Å². The van der Waals surface area contributed by atoms with Crippen LogP contribution in [0.1, 0.15) is 376 Å². The van der Waals surface area contributed by atoms with Gasteiger partial charge in [-0.2, -0.15) is 35.7 Å². The second-order valence-electron chi connectivity index (χ2n) is 37.7. The number of hydrogen-bond donors (Lipinski definition) is 7. The molecule has 1 fully saturated rings. The van der Waals surface area contributed by atoms with Crippen molar-refractivity contribution in [3.8, 4) is 0 Å². The van der Waals surface area contributed by atoms with E-state index in [1.807, 2.05) is 28.1 Å². The van der Waals surface area contributed by atoms with Crippen LogP contribution in [0.5, 0.6) is 0 Å². The molecule has 0 bridgehead atoms. The maximum atomic E-state index is 12.2. The van der Waals surface area contributed by atoms with Crippen LogP contribution in [0.15, 0.2) is 89.1 Å². The Morgan fingerprint density at radius 2 is 0.618 bits per heavy atom. The van der Waals surface area contributed by atoms with Crippen molar-refractivity contribution in [2.24, 2.45) is 17.8 Å². The molecule has 40 heteroatoms. The van der Waals surface area contributed by atoms with Crippen LogP contribution < -0.4 is 38.9 Å². The molecule has 2 atom stereocenters. The number of H-pyrrole nitrogens is 7. The Morgan fingerprint density at radius 1 is 0.340 bits per heavy atom. The quantitative estimate of drug-likeness (QED) is 0.0138. The number of fused-ring (bicyclic) bond motifs is 7. The van der Waals surface area contributed by atoms with Gasteiger partial charge in [0.15, 0.2) is 39.5 Å². The number of nitrogens with zero attached hydrogens (tertiary/aromatic N) is 21. The molecule has 15 heterocycles. The van der Waals surface area contributed by atoms with Crippen LogP contribution >= 0.6 is 0 Å². The molecule has 0 radical (unpaired) electrons. The molecule has 14 aromatic rings. The first-order chi connectivity index (χ1) is 69.5. The number of carbonyl (C=O) groups is 2. The van der Waals surface area contributed by atoms with E-state index in [0.717, 1.165) is 201 Å². The third kappa shape index (κ3) is 29.3. The fraction of sp³-hybridized carbons (Fsp3) is 0.625. The first-order valence-electron chi connectivity index (χ1n) is 52.8. The Balaban J connectivity index is 0.000000173. The van der Waals surface area contributed by atoms with Gasteiger partial charge in [0.05, 0.1) is 111 Å². The van der Waals surface area contributed by atoms with Gasteiger partial charge in [-0.15, -0.1) is 0 Å². The minimum atomic E-state index is -0.293. The summed E-state index contributed by atoms with van der Waals surface area (Å²) in [6.07, 6.45) is 41.6. The predicted molar refractivity (Wildman–Crippen MR) is 563 cm³/mol. The lowest BCUT2D eigenvalue weighted by molar-refractivity contribution is -0.144. The van der Waals surface area contributed by atoms with Gasteiger partial charge in [-0.05, 0) is 166 Å². The van der Waals surface area contributed by atoms with Gasteiger partial charge in [0.2, 0.25) is 0 Å². The molecule has 16 rings (SSSR count). The largest absolute Gasteiger partial charge is 0.466 e. The van der Waals surface area contributed by atoms with E-state index in [-0.39, 0.29) is 81.5 Å². The maximum Gasteiger partial charge on any atom is 0.306 e. The normalized spacial score (nSPS) is 13.6. The second-order valence-corrected chi connectivity index (χ2v) is 37.7. The number of ether oxygens (including phenoxy) is 3. The summed E-state index contributed by atoms with van der Waals surface area (Å²) in [5, 5.41) is 34.4. The number of allylic oxidation sites excluding steroid dienone is 2. The topological polar surface area (TPSA) is 507 Å². The van der Waals surface area contributed by atoms with Gasteiger partial charge in [-0.3, -0.25) is 43.2 Å². The van der Waals surface area contributed by atoms with Crippen molar-refractivity contribution in [3.63, 3.8) is 0 Å². The Morgan fingerprint density at radius 3 is 0.896 bits per heavy atom. The average Bonchev–Trinajstić information content (AvgIpc) is 1.65. The number of nitrogens with one attached hydrogen (secondary N) is 7. The van der Waals surface area contributed by atoms with E-state index in [2.05, 4.69) is 249 Å². The molecule has 1 aliphatic heterocycles. The standard InChI is InChI=1S/C16H24N4O3.C16H22N4O.C15H22N4O3.C15H22N4O2.C15H24N4O.C14H22N4O.C13H20N4O/c1-4-11(5-2)20-15-12(10-17-20)16(22)19-13(18-15)8-7-9-14(21)23-6-3;1-3-12(4-2)20-15-13(10-17-20)16(21)19-14(18-15)9-11-7-5-6-8-11;1-4-10(5-2)19-14-11(9-16-19)15(21)18-12(17-14)7-8-13(20)22-6-3;1-3-10(4-2)19-14-12(9-16-19)15(20)18-13(17-14)8-11-6-5-7-21-11;1-5-11(6-2)19-14-12(9-16-19)15(20)18-13(17-14)8-7-10(3)4;1-5-10(6-2)18-13-11(8-15-18)14(19)17-12(16-13)7-9(3)4;1-4-7-11-15-12-10(13(18)16-11)8-14-17(12)9(5-2)6-3/h10-11H,4-9H2,1-3H3,(H,18,19,22);5,7,10-12H,3-4,6,8-9H2,1-2H3,(H,18,19,21);9-10H,4-8H2,1-3H3,(H,17,18,21);9-11H,3-8H2,1-2H3,(H,17,18,20);9-11H,5-8H2,1-4H3,(H,17,18,20);8-10H,5-7H2,1-4H3,(H,16,17,19);8-9H,4-7H2,1-3H3,(H,15,16,18). The number of rotatable bonds is 41. The molecule has 1 aliphatic carbocycles. The molecular weight excluding hydrogens is 1830 g/mol. The highest BCUT2D eigenvalue weighted by molar-refractivity contribution is 5.78. The molecule has 1 saturated heterocycles. The van der Waals surface area contributed by atoms with Gasteiger partial charge >= 0.3 is 11.9 Å². The number of hydrogen-bond acceptors (Lipinski definition) is 26. The molecule has 0 spiro atoms. The summed E-state index contributed by atoms with van der Waals surface area (Å²) in [5.41, 5.74) is 3.95. The molecule has 0 saturated carbocycles. The van der Waals surface area contributed by atoms with E-state index in [1.165, 1.54) is 0 Å². The zero-order chi connectivity index (χ0) is 104. The van der Waals surface area contributed by atoms with E-state index in [0.29, 0.717) is 165 Å². The summed E-state index contributed by atoms with van der Waals surface area (Å²) < 4.78 is 28.5. The van der Waals surface area contributed by atoms with Crippen molar-refractivity contribution < 1.29 is 23.8 Å². The van der Waals surface area contributed by atoms with E-state index >= 15 is 0 Å². The fourth-order valence-electron chi connectivity index (χ4n) is 18.2. The molecule has 144 heavy (non-hydrogen) atoms. The lowest BCUT2D eigenvalue weighted by Gasteiger charge is -2.14. The molecule has 40 nitrogen and oxygen atoms in total. The van der Waals surface area contributed by atoms with Crippen molar-refractivity contribution in [3.05, 3.63) is 169 Å². The number of aromatic amines is 7. The van der Waals surface area contributed by atoms with Crippen LogP contribution in [0.3, 0.4) is 0 Å². The van der Waals surface area contributed by atoms with Crippen LogP contribution in [-0.2, 0) is 68.7 Å². The summed E-state index contributed by atoms with van der Waals surface area (Å²) in [4.78, 5) is 160. The second kappa shape index (κ2) is 55.8. The number of carbonyl (C=O) groups excluding carboxylic acids is 2. The molecule has 2 aliphatic rings. The Labute approximate surface area is 839 Å². The minimum absolute atomic E-state index is 0.0748. The summed E-state index contributed by atoms with van der Waals surface area (Å²) >= 11 is 0. The minimum Gasteiger partial charge on any atom is -0.466 e. The van der Waals surface area contributed by atoms with E-state index < -0.39 is 0 Å². The fourth-order valence-corrected chi connectivity index (χ4v) is 18.2. The van der Waals surface area contributed by atoms with Crippen LogP contribution in [0.2, 0.25) is 0 Å². The lowest BCUT2D eigenvalue weighted by atomic mass is 10.1. The number of aromatic nitrogens is 28. The number of aryl methyl sites for hydroxylation is 4. The SMILES string of the molecule is CCC(CC)n1ncc2c(=O)[nH]c(CC(C)C)nc21.CCC(CC)n1ncc2c(=O)[nH]c(CC3C=CCC3)nc21.CCC(CC)n1ncc2c(=O)[nH]c(CC3CCCO3)nc21.CCC(CC)n1ncc2c(=O)[nH]c(CCC(C)C)nc21.CCCc1nc2c(cnn2C(CC)CC)c(=O)[nH]1.CCOC(=O)CCCc1nc2c(cnn2C(CC)CC)c(=O)[nH]1.CCOC(=O)CCc1nc2c(cnn2C(CC)CC)c(=O)[nH]1. The van der Waals surface area contributed by atoms with Gasteiger partial charge in [0, 0.05) is 58.0 Å². The monoisotopic (exact) mass is 1990 g/mol. The summed E-state index contributed by atoms with van der Waals surface area (Å²) in [7, 11) is 0.